The van der Waals surface area contributed by atoms with Gasteiger partial charge in [0.05, 0.1) is 12.8 Å². The second kappa shape index (κ2) is 5.80. The number of benzene rings is 1. The average Bonchev–Trinajstić information content (AvgIpc) is 2.83. The Kier molecular flexibility index (Phi) is 4.43. The molecule has 0 spiro atoms. The van der Waals surface area contributed by atoms with Gasteiger partial charge in [-0.15, -0.1) is 0 Å². The third-order valence-corrected chi connectivity index (χ3v) is 4.87. The highest BCUT2D eigenvalue weighted by atomic mass is 32.1. The summed E-state index contributed by atoms with van der Waals surface area (Å²) < 4.78 is 7.77. The number of hydrogen-bond donors (Lipinski definition) is 1. The van der Waals surface area contributed by atoms with Gasteiger partial charge in [-0.3, -0.25) is 0 Å². The van der Waals surface area contributed by atoms with Crippen molar-refractivity contribution in [1.29, 1.82) is 0 Å². The summed E-state index contributed by atoms with van der Waals surface area (Å²) in [6.07, 6.45) is 2.06. The molecule has 0 aliphatic rings. The van der Waals surface area contributed by atoms with Crippen LogP contribution in [0.5, 0.6) is 5.75 Å². The van der Waals surface area contributed by atoms with Crippen molar-refractivity contribution < 1.29 is 4.74 Å². The average molecular weight is 303 g/mol. The summed E-state index contributed by atoms with van der Waals surface area (Å²) in [4.78, 5) is 0. The van der Waals surface area contributed by atoms with Gasteiger partial charge in [0.1, 0.15) is 5.75 Å². The number of para-hydroxylation sites is 1. The molecule has 114 valence electrons. The molecule has 2 nitrogen and oxygen atoms in total. The molecule has 21 heavy (non-hydrogen) atoms. The van der Waals surface area contributed by atoms with Gasteiger partial charge >= 0.3 is 0 Å². The summed E-state index contributed by atoms with van der Waals surface area (Å²) >= 11 is 4.81. The van der Waals surface area contributed by atoms with E-state index in [2.05, 4.69) is 68.8 Å². The van der Waals surface area contributed by atoms with E-state index in [-0.39, 0.29) is 10.2 Å². The zero-order chi connectivity index (χ0) is 15.7. The van der Waals surface area contributed by atoms with Crippen LogP contribution in [-0.2, 0) is 5.41 Å². The first-order valence-electron chi connectivity index (χ1n) is 7.41. The first-order chi connectivity index (χ1) is 9.77. The molecule has 1 aromatic heterocycles. The molecule has 1 aromatic carbocycles. The lowest BCUT2D eigenvalue weighted by Gasteiger charge is -2.38. The molecule has 0 N–H and O–H groups in total. The minimum absolute atomic E-state index is 0.110. The molecule has 0 bridgehead atoms. The van der Waals surface area contributed by atoms with Gasteiger partial charge in [-0.25, -0.2) is 0 Å². The number of thiol groups is 1. The zero-order valence-electron chi connectivity index (χ0n) is 13.6. The van der Waals surface area contributed by atoms with Gasteiger partial charge in [0.25, 0.3) is 0 Å². The van der Waals surface area contributed by atoms with Crippen molar-refractivity contribution in [1.82, 2.24) is 4.57 Å². The third-order valence-electron chi connectivity index (χ3n) is 4.31. The van der Waals surface area contributed by atoms with Crippen molar-refractivity contribution in [2.24, 2.45) is 0 Å². The maximum absolute atomic E-state index is 5.71. The molecule has 0 unspecified atom stereocenters. The fourth-order valence-electron chi connectivity index (χ4n) is 2.28. The van der Waals surface area contributed by atoms with Crippen LogP contribution in [0.25, 0.3) is 5.69 Å². The van der Waals surface area contributed by atoms with Gasteiger partial charge in [-0.05, 0) is 19.1 Å². The lowest BCUT2D eigenvalue weighted by Crippen LogP contribution is -2.39. The van der Waals surface area contributed by atoms with Crippen molar-refractivity contribution in [3.63, 3.8) is 0 Å². The van der Waals surface area contributed by atoms with E-state index in [9.17, 15) is 0 Å². The summed E-state index contributed by atoms with van der Waals surface area (Å²) in [5, 5.41) is 0. The van der Waals surface area contributed by atoms with Crippen molar-refractivity contribution in [3.05, 3.63) is 48.3 Å². The van der Waals surface area contributed by atoms with Crippen LogP contribution in [-0.4, -0.2) is 15.9 Å². The fourth-order valence-corrected chi connectivity index (χ4v) is 2.40. The van der Waals surface area contributed by atoms with Crippen LogP contribution in [0.15, 0.2) is 42.6 Å². The molecule has 0 saturated heterocycles. The third kappa shape index (κ3) is 3.13. The predicted molar refractivity (Wildman–Crippen MR) is 93.0 cm³/mol. The Morgan fingerprint density at radius 2 is 1.71 bits per heavy atom. The summed E-state index contributed by atoms with van der Waals surface area (Å²) in [6, 6.07) is 12.5. The Balaban J connectivity index is 2.59. The number of nitrogens with zero attached hydrogens (tertiary/aromatic N) is 1. The molecule has 0 aliphatic carbocycles. The lowest BCUT2D eigenvalue weighted by molar-refractivity contribution is 0.340. The number of rotatable bonds is 5. The van der Waals surface area contributed by atoms with Gasteiger partial charge in [-0.2, -0.15) is 12.6 Å². The Bertz CT molecular complexity index is 593. The van der Waals surface area contributed by atoms with E-state index >= 15 is 0 Å². The normalized spacial score (nSPS) is 12.5. The van der Waals surface area contributed by atoms with Crippen LogP contribution in [0.3, 0.4) is 0 Å². The quantitative estimate of drug-likeness (QED) is 0.779. The van der Waals surface area contributed by atoms with Gasteiger partial charge in [-0.1, -0.05) is 45.9 Å². The Hall–Kier alpha value is -1.35. The highest BCUT2D eigenvalue weighted by Crippen LogP contribution is 2.41. The van der Waals surface area contributed by atoms with Crippen LogP contribution in [0.1, 0.15) is 40.3 Å². The molecule has 0 aliphatic heterocycles. The van der Waals surface area contributed by atoms with E-state index < -0.39 is 0 Å². The molecule has 0 fully saturated rings. The van der Waals surface area contributed by atoms with Gasteiger partial charge in [0.2, 0.25) is 0 Å². The highest BCUT2D eigenvalue weighted by molar-refractivity contribution is 7.81. The van der Waals surface area contributed by atoms with E-state index in [4.69, 9.17) is 17.4 Å². The largest absolute Gasteiger partial charge is 0.492 e. The summed E-state index contributed by atoms with van der Waals surface area (Å²) in [7, 11) is 0. The van der Waals surface area contributed by atoms with E-state index in [0.29, 0.717) is 6.61 Å². The summed E-state index contributed by atoms with van der Waals surface area (Å²) in [6.45, 7) is 11.4. The molecule has 1 heterocycles. The van der Waals surface area contributed by atoms with E-state index in [0.717, 1.165) is 11.4 Å². The first kappa shape index (κ1) is 16.0. The lowest BCUT2D eigenvalue weighted by atomic mass is 9.77. The molecule has 2 aromatic rings. The van der Waals surface area contributed by atoms with E-state index in [1.165, 1.54) is 5.69 Å². The second-order valence-corrected chi connectivity index (χ2v) is 7.50. The fraction of sp³-hybridized carbons (Fsp3) is 0.444. The smallest absolute Gasteiger partial charge is 0.137 e. The topological polar surface area (TPSA) is 14.2 Å². The molecule has 0 radical (unpaired) electrons. The van der Waals surface area contributed by atoms with Crippen LogP contribution in [0, 0.1) is 0 Å². The SMILES string of the molecule is CCOc1cc(C(C)(C)C(C)(C)S)n(-c2ccccc2)c1. The Morgan fingerprint density at radius 1 is 1.10 bits per heavy atom. The van der Waals surface area contributed by atoms with Crippen molar-refractivity contribution in [2.75, 3.05) is 6.61 Å². The Morgan fingerprint density at radius 3 is 2.24 bits per heavy atom. The second-order valence-electron chi connectivity index (χ2n) is 6.38. The summed E-state index contributed by atoms with van der Waals surface area (Å²) in [5.74, 6) is 0.905. The number of ether oxygens (including phenoxy) is 1. The molecular formula is C18H25NOS. The molecule has 0 saturated carbocycles. The van der Waals surface area contributed by atoms with Crippen molar-refractivity contribution in [2.45, 2.75) is 44.8 Å². The molecule has 0 amide bonds. The van der Waals surface area contributed by atoms with Crippen molar-refractivity contribution in [3.8, 4) is 11.4 Å². The Labute approximate surface area is 133 Å². The van der Waals surface area contributed by atoms with Crippen LogP contribution < -0.4 is 4.74 Å². The van der Waals surface area contributed by atoms with Gasteiger partial charge in [0, 0.05) is 27.6 Å². The highest BCUT2D eigenvalue weighted by Gasteiger charge is 2.38. The van der Waals surface area contributed by atoms with E-state index in [1.54, 1.807) is 0 Å². The predicted octanol–water partition coefficient (Wildman–Crippen LogP) is 4.86. The number of aromatic nitrogens is 1. The maximum Gasteiger partial charge on any atom is 0.137 e. The summed E-state index contributed by atoms with van der Waals surface area (Å²) in [5.41, 5.74) is 2.24. The zero-order valence-corrected chi connectivity index (χ0v) is 14.4. The monoisotopic (exact) mass is 303 g/mol. The maximum atomic E-state index is 5.71. The number of hydrogen-bond acceptors (Lipinski definition) is 2. The van der Waals surface area contributed by atoms with Gasteiger partial charge < -0.3 is 9.30 Å². The standard InChI is InChI=1S/C18H25NOS/c1-6-20-15-12-16(17(2,3)18(4,5)21)19(13-15)14-10-8-7-9-11-14/h7-13,21H,6H2,1-5H3. The molecular weight excluding hydrogens is 278 g/mol. The molecule has 0 atom stereocenters. The van der Waals surface area contributed by atoms with Crippen LogP contribution in [0.4, 0.5) is 0 Å². The van der Waals surface area contributed by atoms with Gasteiger partial charge in [0.15, 0.2) is 0 Å². The van der Waals surface area contributed by atoms with Crippen molar-refractivity contribution >= 4 is 12.6 Å². The molecule has 3 heteroatoms. The van der Waals surface area contributed by atoms with Crippen LogP contribution >= 0.6 is 12.6 Å². The minimum atomic E-state index is -0.151. The minimum Gasteiger partial charge on any atom is -0.492 e. The molecule has 2 rings (SSSR count). The first-order valence-corrected chi connectivity index (χ1v) is 7.85. The van der Waals surface area contributed by atoms with E-state index in [1.807, 2.05) is 13.0 Å². The van der Waals surface area contributed by atoms with Crippen LogP contribution in [0.2, 0.25) is 0 Å².